The van der Waals surface area contributed by atoms with Crippen molar-refractivity contribution >= 4 is 34.9 Å². The zero-order valence-corrected chi connectivity index (χ0v) is 19.9. The van der Waals surface area contributed by atoms with E-state index >= 15 is 0 Å². The molecule has 172 valence electrons. The highest BCUT2D eigenvalue weighted by Gasteiger charge is 2.19. The average molecular weight is 445 g/mol. The Kier molecular flexibility index (Phi) is 8.62. The number of anilines is 3. The highest BCUT2D eigenvalue weighted by molar-refractivity contribution is 7.80. The summed E-state index contributed by atoms with van der Waals surface area (Å²) in [5.41, 5.74) is 0. The zero-order valence-electron chi connectivity index (χ0n) is 19.1. The molecule has 0 radical (unpaired) electrons. The van der Waals surface area contributed by atoms with Crippen molar-refractivity contribution in [3.05, 3.63) is 6.07 Å². The Labute approximate surface area is 193 Å². The van der Waals surface area contributed by atoms with E-state index in [1.54, 1.807) is 0 Å². The van der Waals surface area contributed by atoms with E-state index in [1.165, 1.54) is 89.9 Å². The molecule has 2 saturated heterocycles. The summed E-state index contributed by atoms with van der Waals surface area (Å²) in [6.45, 7) is 4.34. The summed E-state index contributed by atoms with van der Waals surface area (Å²) in [5.74, 6) is 2.75. The van der Waals surface area contributed by atoms with E-state index in [1.807, 2.05) is 0 Å². The van der Waals surface area contributed by atoms with E-state index in [-0.39, 0.29) is 0 Å². The Morgan fingerprint density at radius 1 is 0.710 bits per heavy atom. The van der Waals surface area contributed by atoms with Gasteiger partial charge in [-0.05, 0) is 50.7 Å². The molecule has 4 rings (SSSR count). The maximum atomic E-state index is 5.67. The number of hydrogen-bond donors (Lipinski definition) is 2. The maximum absolute atomic E-state index is 5.67. The minimum absolute atomic E-state index is 0.473. The van der Waals surface area contributed by atoms with Crippen LogP contribution in [0.25, 0.3) is 0 Å². The zero-order chi connectivity index (χ0) is 21.3. The molecule has 3 aliphatic rings. The van der Waals surface area contributed by atoms with Gasteiger partial charge in [0.1, 0.15) is 11.6 Å². The number of hydrogen-bond acceptors (Lipinski definition) is 5. The molecule has 2 aliphatic heterocycles. The number of thiocarbonyl (C=S) groups is 1. The Hall–Kier alpha value is -1.63. The summed E-state index contributed by atoms with van der Waals surface area (Å²) < 4.78 is 0. The molecule has 1 saturated carbocycles. The van der Waals surface area contributed by atoms with Gasteiger partial charge < -0.3 is 20.4 Å². The molecule has 31 heavy (non-hydrogen) atoms. The van der Waals surface area contributed by atoms with Gasteiger partial charge in [0.25, 0.3) is 0 Å². The third-order valence-electron chi connectivity index (χ3n) is 6.97. The normalized spacial score (nSPS) is 21.7. The minimum atomic E-state index is 0.473. The lowest BCUT2D eigenvalue weighted by Crippen LogP contribution is -2.38. The summed E-state index contributed by atoms with van der Waals surface area (Å²) >= 11 is 5.67. The lowest BCUT2D eigenvalue weighted by molar-refractivity contribution is 0.535. The van der Waals surface area contributed by atoms with E-state index in [4.69, 9.17) is 22.2 Å². The molecule has 7 heteroatoms. The van der Waals surface area contributed by atoms with Crippen molar-refractivity contribution in [2.24, 2.45) is 0 Å². The van der Waals surface area contributed by atoms with Crippen LogP contribution in [0.3, 0.4) is 0 Å². The van der Waals surface area contributed by atoms with E-state index < -0.39 is 0 Å². The van der Waals surface area contributed by atoms with Crippen molar-refractivity contribution in [2.45, 2.75) is 95.9 Å². The molecular weight excluding hydrogens is 404 g/mol. The predicted molar refractivity (Wildman–Crippen MR) is 134 cm³/mol. The number of nitrogens with zero attached hydrogens (tertiary/aromatic N) is 4. The second kappa shape index (κ2) is 11.8. The summed E-state index contributed by atoms with van der Waals surface area (Å²) in [5, 5.41) is 7.55. The van der Waals surface area contributed by atoms with E-state index in [0.29, 0.717) is 17.1 Å². The number of nitrogens with one attached hydrogen (secondary N) is 2. The molecule has 0 bridgehead atoms. The van der Waals surface area contributed by atoms with Crippen LogP contribution in [0.15, 0.2) is 6.07 Å². The van der Waals surface area contributed by atoms with Crippen LogP contribution in [-0.2, 0) is 0 Å². The van der Waals surface area contributed by atoms with Crippen LogP contribution in [0, 0.1) is 0 Å². The molecule has 0 amide bonds. The second-order valence-electron chi connectivity index (χ2n) is 9.50. The van der Waals surface area contributed by atoms with Gasteiger partial charge in [-0.15, -0.1) is 0 Å². The van der Waals surface area contributed by atoms with Crippen LogP contribution in [-0.4, -0.2) is 47.3 Å². The summed E-state index contributed by atoms with van der Waals surface area (Å²) in [6.07, 6.45) is 17.9. The van der Waals surface area contributed by atoms with Gasteiger partial charge >= 0.3 is 0 Å². The molecule has 2 N–H and O–H groups in total. The molecule has 0 atom stereocenters. The van der Waals surface area contributed by atoms with Crippen molar-refractivity contribution in [1.82, 2.24) is 15.3 Å². The van der Waals surface area contributed by atoms with Gasteiger partial charge in [0.15, 0.2) is 5.11 Å². The molecule has 0 unspecified atom stereocenters. The fourth-order valence-corrected chi connectivity index (χ4v) is 5.41. The lowest BCUT2D eigenvalue weighted by Gasteiger charge is -2.26. The van der Waals surface area contributed by atoms with Crippen LogP contribution in [0.5, 0.6) is 0 Å². The predicted octanol–water partition coefficient (Wildman–Crippen LogP) is 5.25. The number of aromatic nitrogens is 2. The minimum Gasteiger partial charge on any atom is -0.360 e. The monoisotopic (exact) mass is 444 g/mol. The van der Waals surface area contributed by atoms with E-state index in [9.17, 15) is 0 Å². The molecule has 0 spiro atoms. The van der Waals surface area contributed by atoms with Gasteiger partial charge in [-0.3, -0.25) is 0 Å². The Bertz CT molecular complexity index is 649. The van der Waals surface area contributed by atoms with Crippen LogP contribution < -0.4 is 20.4 Å². The van der Waals surface area contributed by atoms with Gasteiger partial charge in [-0.2, -0.15) is 9.97 Å². The van der Waals surface area contributed by atoms with Crippen LogP contribution in [0.4, 0.5) is 17.6 Å². The first-order valence-corrected chi connectivity index (χ1v) is 13.2. The third-order valence-corrected chi connectivity index (χ3v) is 7.19. The Morgan fingerprint density at radius 3 is 1.65 bits per heavy atom. The van der Waals surface area contributed by atoms with Gasteiger partial charge in [-0.1, -0.05) is 51.4 Å². The molecule has 0 aromatic carbocycles. The SMILES string of the molecule is S=C(Nc1nc(N2CCCCCC2)cc(N2CCCCCC2)n1)NC1CCCCCC1. The first kappa shape index (κ1) is 22.6. The fraction of sp³-hybridized carbons (Fsp3) is 0.792. The van der Waals surface area contributed by atoms with Crippen LogP contribution in [0.2, 0.25) is 0 Å². The van der Waals surface area contributed by atoms with Gasteiger partial charge in [0.05, 0.1) is 0 Å². The van der Waals surface area contributed by atoms with Gasteiger partial charge in [0.2, 0.25) is 5.95 Å². The van der Waals surface area contributed by atoms with E-state index in [0.717, 1.165) is 37.8 Å². The smallest absolute Gasteiger partial charge is 0.232 e. The number of rotatable bonds is 4. The highest BCUT2D eigenvalue weighted by Crippen LogP contribution is 2.26. The summed E-state index contributed by atoms with van der Waals surface area (Å²) in [7, 11) is 0. The van der Waals surface area contributed by atoms with Crippen molar-refractivity contribution in [3.8, 4) is 0 Å². The van der Waals surface area contributed by atoms with Crippen molar-refractivity contribution in [2.75, 3.05) is 41.3 Å². The molecule has 3 fully saturated rings. The molecule has 3 heterocycles. The summed E-state index contributed by atoms with van der Waals surface area (Å²) in [4.78, 5) is 14.7. The highest BCUT2D eigenvalue weighted by atomic mass is 32.1. The maximum Gasteiger partial charge on any atom is 0.232 e. The molecule has 6 nitrogen and oxygen atoms in total. The van der Waals surface area contributed by atoms with Crippen molar-refractivity contribution in [1.29, 1.82) is 0 Å². The quantitative estimate of drug-likeness (QED) is 0.486. The largest absolute Gasteiger partial charge is 0.360 e. The van der Waals surface area contributed by atoms with E-state index in [2.05, 4.69) is 26.5 Å². The average Bonchev–Trinajstić information content (AvgIpc) is 3.30. The summed E-state index contributed by atoms with van der Waals surface area (Å²) in [6, 6.07) is 2.69. The van der Waals surface area contributed by atoms with Gasteiger partial charge in [-0.25, -0.2) is 0 Å². The second-order valence-corrected chi connectivity index (χ2v) is 9.91. The van der Waals surface area contributed by atoms with Crippen molar-refractivity contribution in [3.63, 3.8) is 0 Å². The van der Waals surface area contributed by atoms with Crippen molar-refractivity contribution < 1.29 is 0 Å². The first-order chi connectivity index (χ1) is 15.3. The molecule has 1 aliphatic carbocycles. The molecular formula is C24H40N6S. The first-order valence-electron chi connectivity index (χ1n) is 12.7. The lowest BCUT2D eigenvalue weighted by atomic mass is 10.1. The molecule has 1 aromatic heterocycles. The standard InChI is InChI=1S/C24H40N6S/c31-24(25-20-13-7-1-2-8-14-20)28-23-26-21(29-15-9-3-4-10-16-29)19-22(27-23)30-17-11-5-6-12-18-30/h19-20H,1-18H2,(H2,25,26,27,28,31). The molecule has 1 aromatic rings. The fourth-order valence-electron chi connectivity index (χ4n) is 5.15. The third kappa shape index (κ3) is 6.93. The Morgan fingerprint density at radius 2 is 1.16 bits per heavy atom. The van der Waals surface area contributed by atoms with Crippen LogP contribution >= 0.6 is 12.2 Å². The van der Waals surface area contributed by atoms with Gasteiger partial charge in [0, 0.05) is 38.3 Å². The topological polar surface area (TPSA) is 56.3 Å². The van der Waals surface area contributed by atoms with Crippen LogP contribution in [0.1, 0.15) is 89.9 Å². The Balaban J connectivity index is 1.50.